The number of rotatable bonds is 7. The summed E-state index contributed by atoms with van der Waals surface area (Å²) >= 11 is 0. The molecule has 1 heterocycles. The predicted molar refractivity (Wildman–Crippen MR) is 110 cm³/mol. The fourth-order valence-electron chi connectivity index (χ4n) is 3.89. The molecule has 0 bridgehead atoms. The highest BCUT2D eigenvalue weighted by molar-refractivity contribution is 5.94. The monoisotopic (exact) mass is 401 g/mol. The van der Waals surface area contributed by atoms with E-state index in [1.54, 1.807) is 35.0 Å². The van der Waals surface area contributed by atoms with Crippen molar-refractivity contribution < 1.29 is 19.8 Å². The number of aromatic nitrogens is 3. The Hall–Kier alpha value is -4.00. The van der Waals surface area contributed by atoms with Gasteiger partial charge in [0.25, 0.3) is 0 Å². The van der Waals surface area contributed by atoms with Crippen LogP contribution in [0.3, 0.4) is 0 Å². The van der Waals surface area contributed by atoms with E-state index in [4.69, 9.17) is 0 Å². The van der Waals surface area contributed by atoms with Gasteiger partial charge >= 0.3 is 11.9 Å². The summed E-state index contributed by atoms with van der Waals surface area (Å²) in [5.74, 6) is -5.40. The summed E-state index contributed by atoms with van der Waals surface area (Å²) < 4.78 is 1.63. The molecule has 150 valence electrons. The lowest BCUT2D eigenvalue weighted by Gasteiger charge is -2.31. The van der Waals surface area contributed by atoms with Gasteiger partial charge in [0.2, 0.25) is 0 Å². The van der Waals surface area contributed by atoms with Crippen LogP contribution in [-0.4, -0.2) is 37.1 Å². The molecule has 0 amide bonds. The molecule has 0 aliphatic heterocycles. The molecule has 2 unspecified atom stereocenters. The highest BCUT2D eigenvalue weighted by atomic mass is 16.4. The first-order valence-corrected chi connectivity index (χ1v) is 9.43. The van der Waals surface area contributed by atoms with Crippen LogP contribution in [0.15, 0.2) is 84.9 Å². The molecule has 2 atom stereocenters. The number of fused-ring (bicyclic) bond motifs is 1. The van der Waals surface area contributed by atoms with Crippen LogP contribution in [-0.2, 0) is 9.59 Å². The van der Waals surface area contributed by atoms with Crippen LogP contribution in [0.1, 0.15) is 23.1 Å². The van der Waals surface area contributed by atoms with Crippen molar-refractivity contribution in [1.82, 2.24) is 15.0 Å². The molecule has 4 rings (SSSR count). The first-order valence-electron chi connectivity index (χ1n) is 9.43. The van der Waals surface area contributed by atoms with Gasteiger partial charge in [0.05, 0.1) is 11.6 Å². The number of hydrogen-bond acceptors (Lipinski definition) is 4. The molecular weight excluding hydrogens is 382 g/mol. The van der Waals surface area contributed by atoms with Crippen LogP contribution in [0, 0.1) is 5.92 Å². The average molecular weight is 401 g/mol. The zero-order chi connectivity index (χ0) is 21.1. The van der Waals surface area contributed by atoms with E-state index in [-0.39, 0.29) is 0 Å². The Balaban J connectivity index is 2.01. The van der Waals surface area contributed by atoms with E-state index in [9.17, 15) is 19.8 Å². The molecule has 0 radical (unpaired) electrons. The second kappa shape index (κ2) is 8.16. The van der Waals surface area contributed by atoms with Gasteiger partial charge in [-0.05, 0) is 23.3 Å². The van der Waals surface area contributed by atoms with E-state index >= 15 is 0 Å². The first kappa shape index (κ1) is 19.3. The van der Waals surface area contributed by atoms with Gasteiger partial charge in [-0.3, -0.25) is 9.59 Å². The van der Waals surface area contributed by atoms with Crippen LogP contribution in [0.2, 0.25) is 0 Å². The highest BCUT2D eigenvalue weighted by Gasteiger charge is 2.43. The molecule has 7 heteroatoms. The lowest BCUT2D eigenvalue weighted by Crippen LogP contribution is -2.36. The molecule has 0 aliphatic carbocycles. The zero-order valence-corrected chi connectivity index (χ0v) is 15.9. The molecule has 1 aromatic heterocycles. The Morgan fingerprint density at radius 1 is 0.733 bits per heavy atom. The smallest absolute Gasteiger partial charge is 0.318 e. The van der Waals surface area contributed by atoms with Gasteiger partial charge in [0.1, 0.15) is 5.52 Å². The minimum Gasteiger partial charge on any atom is -0.481 e. The number of hydrogen-bond donors (Lipinski definition) is 2. The quantitative estimate of drug-likeness (QED) is 0.459. The number of carboxylic acids is 2. The Morgan fingerprint density at radius 3 is 1.87 bits per heavy atom. The largest absolute Gasteiger partial charge is 0.481 e. The lowest BCUT2D eigenvalue weighted by atomic mass is 9.77. The van der Waals surface area contributed by atoms with Crippen molar-refractivity contribution in [2.24, 2.45) is 5.92 Å². The Labute approximate surface area is 172 Å². The molecular formula is C23H19N3O4. The van der Waals surface area contributed by atoms with Crippen molar-refractivity contribution in [3.8, 4) is 0 Å². The summed E-state index contributed by atoms with van der Waals surface area (Å²) in [4.78, 5) is 24.2. The first-order chi connectivity index (χ1) is 14.6. The summed E-state index contributed by atoms with van der Waals surface area (Å²) in [6, 6.07) is 24.7. The fourth-order valence-corrected chi connectivity index (χ4v) is 3.89. The molecule has 4 aromatic rings. The third kappa shape index (κ3) is 3.53. The molecule has 0 saturated heterocycles. The van der Waals surface area contributed by atoms with Gasteiger partial charge in [-0.15, -0.1) is 5.10 Å². The number of carbonyl (C=O) groups is 2. The van der Waals surface area contributed by atoms with Crippen molar-refractivity contribution >= 4 is 23.0 Å². The molecule has 0 spiro atoms. The van der Waals surface area contributed by atoms with Crippen molar-refractivity contribution in [3.63, 3.8) is 0 Å². The summed E-state index contributed by atoms with van der Waals surface area (Å²) in [7, 11) is 0. The second-order valence-corrected chi connectivity index (χ2v) is 6.97. The average Bonchev–Trinajstić information content (AvgIpc) is 3.18. The molecule has 30 heavy (non-hydrogen) atoms. The lowest BCUT2D eigenvalue weighted by molar-refractivity contribution is -0.156. The Morgan fingerprint density at radius 2 is 1.27 bits per heavy atom. The van der Waals surface area contributed by atoms with Gasteiger partial charge in [0, 0.05) is 5.92 Å². The normalized spacial score (nSPS) is 13.2. The Bertz CT molecular complexity index is 1160. The van der Waals surface area contributed by atoms with Gasteiger partial charge in [-0.2, -0.15) is 0 Å². The van der Waals surface area contributed by atoms with Crippen LogP contribution < -0.4 is 0 Å². The number of nitrogens with zero attached hydrogens (tertiary/aromatic N) is 3. The molecule has 0 saturated carbocycles. The number of carboxylic acid groups (broad SMARTS) is 2. The van der Waals surface area contributed by atoms with Crippen molar-refractivity contribution in [2.45, 2.75) is 12.0 Å². The van der Waals surface area contributed by atoms with E-state index in [0.29, 0.717) is 16.6 Å². The van der Waals surface area contributed by atoms with E-state index in [0.717, 1.165) is 5.56 Å². The third-order valence-corrected chi connectivity index (χ3v) is 5.20. The number of benzene rings is 3. The molecule has 7 nitrogen and oxygen atoms in total. The van der Waals surface area contributed by atoms with Crippen LogP contribution in [0.5, 0.6) is 0 Å². The van der Waals surface area contributed by atoms with E-state index in [1.807, 2.05) is 54.6 Å². The second-order valence-electron chi connectivity index (χ2n) is 6.97. The van der Waals surface area contributed by atoms with Gasteiger partial charge in [0.15, 0.2) is 5.92 Å². The number of aliphatic carboxylic acids is 2. The van der Waals surface area contributed by atoms with Crippen LogP contribution >= 0.6 is 0 Å². The van der Waals surface area contributed by atoms with Crippen molar-refractivity contribution in [2.75, 3.05) is 0 Å². The maximum absolute atomic E-state index is 12.1. The fraction of sp³-hybridized carbons (Fsp3) is 0.130. The van der Waals surface area contributed by atoms with Crippen LogP contribution in [0.4, 0.5) is 0 Å². The van der Waals surface area contributed by atoms with Crippen molar-refractivity contribution in [1.29, 1.82) is 0 Å². The standard InChI is InChI=1S/C23H19N3O4/c27-22(28)20(23(29)30)19(15-9-3-1-4-10-15)21(16-11-5-2-6-12-16)26-18-14-8-7-13-17(18)24-25-26/h1-14,19-21H,(H,27,28)(H,29,30). The topological polar surface area (TPSA) is 105 Å². The molecule has 3 aromatic carbocycles. The highest BCUT2D eigenvalue weighted by Crippen LogP contribution is 2.41. The number of para-hydroxylation sites is 1. The zero-order valence-electron chi connectivity index (χ0n) is 15.9. The molecule has 0 aliphatic rings. The van der Waals surface area contributed by atoms with E-state index in [2.05, 4.69) is 10.3 Å². The SMILES string of the molecule is O=C(O)C(C(=O)O)C(c1ccccc1)C(c1ccccc1)n1nnc2ccccc21. The maximum Gasteiger partial charge on any atom is 0.318 e. The minimum atomic E-state index is -1.68. The van der Waals surface area contributed by atoms with E-state index < -0.39 is 29.8 Å². The molecule has 0 fully saturated rings. The van der Waals surface area contributed by atoms with E-state index in [1.165, 1.54) is 0 Å². The molecule has 2 N–H and O–H groups in total. The summed E-state index contributed by atoms with van der Waals surface area (Å²) in [6.45, 7) is 0. The third-order valence-electron chi connectivity index (χ3n) is 5.20. The Kier molecular flexibility index (Phi) is 5.26. The van der Waals surface area contributed by atoms with Gasteiger partial charge in [-0.1, -0.05) is 78.0 Å². The summed E-state index contributed by atoms with van der Waals surface area (Å²) in [5, 5.41) is 28.2. The summed E-state index contributed by atoms with van der Waals surface area (Å²) in [5.41, 5.74) is 2.68. The van der Waals surface area contributed by atoms with Gasteiger partial charge in [-0.25, -0.2) is 4.68 Å². The van der Waals surface area contributed by atoms with Gasteiger partial charge < -0.3 is 10.2 Å². The summed E-state index contributed by atoms with van der Waals surface area (Å²) in [6.07, 6.45) is 0. The van der Waals surface area contributed by atoms with Crippen molar-refractivity contribution in [3.05, 3.63) is 96.1 Å². The minimum absolute atomic E-state index is 0.598. The maximum atomic E-state index is 12.1. The predicted octanol–water partition coefficient (Wildman–Crippen LogP) is 3.59. The van der Waals surface area contributed by atoms with Crippen LogP contribution in [0.25, 0.3) is 11.0 Å².